The van der Waals surface area contributed by atoms with Crippen LogP contribution >= 0.6 is 0 Å². The fourth-order valence-electron chi connectivity index (χ4n) is 10.0. The van der Waals surface area contributed by atoms with Gasteiger partial charge in [-0.25, -0.2) is 23.7 Å². The average molecular weight is 1050 g/mol. The largest absolute Gasteiger partial charge is 1.00 e. The number of carbonyl (C=O) groups excluding carboxylic acids is 1. The minimum Gasteiger partial charge on any atom is -1.00 e. The van der Waals surface area contributed by atoms with Crippen molar-refractivity contribution in [3.63, 3.8) is 0 Å². The molecule has 9 nitrogen and oxygen atoms in total. The Morgan fingerprint density at radius 1 is 0.405 bits per heavy atom. The number of nitrogens with zero attached hydrogens (tertiary/aromatic N) is 5. The van der Waals surface area contributed by atoms with E-state index < -0.39 is 0 Å². The van der Waals surface area contributed by atoms with E-state index in [1.807, 2.05) is 47.0 Å². The number of amides is 1. The van der Waals surface area contributed by atoms with Gasteiger partial charge in [-0.05, 0) is 89.4 Å². The Hall–Kier alpha value is -6.39. The normalized spacial score (nSPS) is 11.5. The van der Waals surface area contributed by atoms with Gasteiger partial charge in [-0.15, -0.1) is 0 Å². The molecule has 8 heterocycles. The second kappa shape index (κ2) is 27.8. The molecule has 2 aliphatic rings. The summed E-state index contributed by atoms with van der Waals surface area (Å²) in [7, 11) is 6.10. The number of aromatic amines is 2. The number of hydrogen-bond donors (Lipinski definition) is 3. The first kappa shape index (κ1) is 56.9. The van der Waals surface area contributed by atoms with Crippen LogP contribution < -0.4 is 56.2 Å². The van der Waals surface area contributed by atoms with Gasteiger partial charge < -0.3 is 52.5 Å². The number of hydrogen-bond acceptors (Lipinski definition) is 3. The highest BCUT2D eigenvalue weighted by molar-refractivity contribution is 6.00. The van der Waals surface area contributed by atoms with Crippen molar-refractivity contribution < 1.29 is 55.7 Å². The van der Waals surface area contributed by atoms with E-state index in [2.05, 4.69) is 156 Å². The molecule has 0 radical (unpaired) electrons. The summed E-state index contributed by atoms with van der Waals surface area (Å²) in [6, 6.07) is 29.7. The zero-order valence-electron chi connectivity index (χ0n) is 43.4. The van der Waals surface area contributed by atoms with Gasteiger partial charge >= 0.3 is 0 Å². The van der Waals surface area contributed by atoms with E-state index in [1.165, 1.54) is 83.5 Å². The topological polar surface area (TPSA) is 98.1 Å². The van der Waals surface area contributed by atoms with Crippen LogP contribution in [0.15, 0.2) is 122 Å². The second-order valence-corrected chi connectivity index (χ2v) is 19.6. The first-order chi connectivity index (χ1) is 34.8. The SMILES string of the molecule is CCCCCCCCCCCCCCCCCC(=O)Nc1ccc(-c2c3nc(c(-c4cc[n+](C)cc4)c4ccc([nH]4)c(-c4cc[n+](C)cc4)c4nc(c(-c5cc[n+](C)cc5)c5ccc2[nH]5)C=C4)C=C3)cc1.[Cl-].[Cl-].[Cl-]. The molecule has 0 spiro atoms. The molecule has 1 amide bonds. The number of fused-ring (bicyclic) bond motifs is 8. The third kappa shape index (κ3) is 14.3. The minimum atomic E-state index is 0. The number of halogens is 3. The lowest BCUT2D eigenvalue weighted by Gasteiger charge is -2.09. The summed E-state index contributed by atoms with van der Waals surface area (Å²) in [4.78, 5) is 31.8. The van der Waals surface area contributed by atoms with E-state index >= 15 is 0 Å². The highest BCUT2D eigenvalue weighted by Crippen LogP contribution is 2.38. The molecule has 12 heteroatoms. The van der Waals surface area contributed by atoms with Gasteiger partial charge in [0.1, 0.15) is 21.1 Å². The molecular formula is C62H71Cl3N8O. The number of unbranched alkanes of at least 4 members (excludes halogenated alkanes) is 14. The highest BCUT2D eigenvalue weighted by atomic mass is 35.5. The maximum atomic E-state index is 13.2. The lowest BCUT2D eigenvalue weighted by molar-refractivity contribution is -0.671. The third-order valence-corrected chi connectivity index (χ3v) is 14.0. The molecular weight excluding hydrogens is 979 g/mol. The molecule has 1 aromatic carbocycles. The quantitative estimate of drug-likeness (QED) is 0.0699. The van der Waals surface area contributed by atoms with E-state index in [-0.39, 0.29) is 43.1 Å². The predicted octanol–water partition coefficient (Wildman–Crippen LogP) is 5.01. The van der Waals surface area contributed by atoms with Crippen molar-refractivity contribution >= 4 is 58.0 Å². The number of benzene rings is 1. The summed E-state index contributed by atoms with van der Waals surface area (Å²) < 4.78 is 6.14. The van der Waals surface area contributed by atoms with Crippen LogP contribution in [0.4, 0.5) is 5.69 Å². The van der Waals surface area contributed by atoms with E-state index in [4.69, 9.17) is 9.97 Å². The van der Waals surface area contributed by atoms with Gasteiger partial charge in [0.2, 0.25) is 5.91 Å². The Kier molecular flexibility index (Phi) is 21.4. The standard InChI is InChI=1S/C62H69N8O.3ClH/c1-5-6-7-8-9-10-11-12-13-14-15-16-17-18-19-20-58(71)63-49-23-21-45(22-24-49)59-50-25-27-52(64-50)60(46-33-39-68(2)40-34-46)54-29-31-56(66-54)62(48-37-43-70(4)44-38-48)57-32-30-55(67-57)61(53-28-26-51(59)65-53)47-35-41-69(3)42-36-47;;;/h21-44H,5-20H2,1-4H3,(H-,63,64,65,66,67,71);3*1H/q+1;;;/p-1. The molecule has 0 saturated carbocycles. The van der Waals surface area contributed by atoms with Gasteiger partial charge in [0.15, 0.2) is 37.2 Å². The zero-order chi connectivity index (χ0) is 48.9. The van der Waals surface area contributed by atoms with Crippen LogP contribution in [-0.4, -0.2) is 25.8 Å². The lowest BCUT2D eigenvalue weighted by atomic mass is 10.0. The van der Waals surface area contributed by atoms with Gasteiger partial charge in [-0.3, -0.25) is 4.79 Å². The van der Waals surface area contributed by atoms with E-state index in [0.29, 0.717) is 6.42 Å². The number of anilines is 1. The number of aromatic nitrogens is 7. The number of carbonyl (C=O) groups is 1. The van der Waals surface area contributed by atoms with Crippen molar-refractivity contribution in [2.45, 2.75) is 110 Å². The monoisotopic (exact) mass is 1050 g/mol. The molecule has 2 aliphatic heterocycles. The van der Waals surface area contributed by atoms with Gasteiger partial charge in [0, 0.05) is 92.8 Å². The van der Waals surface area contributed by atoms with Gasteiger partial charge in [0.05, 0.1) is 22.8 Å². The summed E-state index contributed by atoms with van der Waals surface area (Å²) in [6.45, 7) is 2.28. The Morgan fingerprint density at radius 3 is 1.00 bits per heavy atom. The average Bonchev–Trinajstić information content (AvgIpc) is 4.24. The predicted molar refractivity (Wildman–Crippen MR) is 292 cm³/mol. The molecule has 386 valence electrons. The Balaban J connectivity index is 0.00000297. The maximum absolute atomic E-state index is 13.2. The minimum absolute atomic E-state index is 0. The summed E-state index contributed by atoms with van der Waals surface area (Å²) >= 11 is 0. The molecule has 0 unspecified atom stereocenters. The van der Waals surface area contributed by atoms with Crippen molar-refractivity contribution in [3.05, 3.63) is 145 Å². The molecule has 0 fully saturated rings. The summed E-state index contributed by atoms with van der Waals surface area (Å²) in [5.74, 6) is 0.0654. The van der Waals surface area contributed by atoms with Crippen LogP contribution in [0.2, 0.25) is 0 Å². The molecule has 3 N–H and O–H groups in total. The summed E-state index contributed by atoms with van der Waals surface area (Å²) in [5, 5.41) is 3.18. The van der Waals surface area contributed by atoms with Crippen LogP contribution in [-0.2, 0) is 25.9 Å². The van der Waals surface area contributed by atoms with E-state index in [1.54, 1.807) is 0 Å². The Morgan fingerprint density at radius 2 is 0.689 bits per heavy atom. The van der Waals surface area contributed by atoms with Gasteiger partial charge in [0.25, 0.3) is 0 Å². The molecule has 0 atom stereocenters. The first-order valence-corrected chi connectivity index (χ1v) is 26.2. The van der Waals surface area contributed by atoms with Crippen molar-refractivity contribution in [2.24, 2.45) is 21.1 Å². The Labute approximate surface area is 456 Å². The van der Waals surface area contributed by atoms with E-state index in [9.17, 15) is 4.79 Å². The summed E-state index contributed by atoms with van der Waals surface area (Å²) in [6.07, 6.45) is 41.1. The fraction of sp³-hybridized carbons (Fsp3) is 0.323. The molecule has 6 aromatic heterocycles. The van der Waals surface area contributed by atoms with Crippen LogP contribution in [0.5, 0.6) is 0 Å². The smallest absolute Gasteiger partial charge is 0.224 e. The third-order valence-electron chi connectivity index (χ3n) is 14.0. The van der Waals surface area contributed by atoms with Crippen LogP contribution in [0.25, 0.3) is 90.9 Å². The second-order valence-electron chi connectivity index (χ2n) is 19.6. The fourth-order valence-corrected chi connectivity index (χ4v) is 10.0. The number of rotatable bonds is 21. The molecule has 8 bridgehead atoms. The van der Waals surface area contributed by atoms with Crippen molar-refractivity contribution in [2.75, 3.05) is 5.32 Å². The number of aryl methyl sites for hydroxylation is 3. The zero-order valence-corrected chi connectivity index (χ0v) is 45.7. The Bertz CT molecular complexity index is 3130. The van der Waals surface area contributed by atoms with Crippen molar-refractivity contribution in [3.8, 4) is 44.5 Å². The molecule has 9 rings (SSSR count). The van der Waals surface area contributed by atoms with Gasteiger partial charge in [-0.2, -0.15) is 0 Å². The molecule has 0 aliphatic carbocycles. The number of H-pyrrole nitrogens is 2. The van der Waals surface area contributed by atoms with Crippen LogP contribution in [0.3, 0.4) is 0 Å². The van der Waals surface area contributed by atoms with Gasteiger partial charge in [-0.1, -0.05) is 109 Å². The summed E-state index contributed by atoms with van der Waals surface area (Å²) in [5.41, 5.74) is 16.1. The molecule has 74 heavy (non-hydrogen) atoms. The van der Waals surface area contributed by atoms with Crippen molar-refractivity contribution in [1.82, 2.24) is 19.9 Å². The lowest BCUT2D eigenvalue weighted by Crippen LogP contribution is -3.00. The first-order valence-electron chi connectivity index (χ1n) is 26.2. The molecule has 0 saturated heterocycles. The van der Waals surface area contributed by atoms with Crippen LogP contribution in [0, 0.1) is 0 Å². The van der Waals surface area contributed by atoms with E-state index in [0.717, 1.165) is 108 Å². The molecule has 7 aromatic rings. The maximum Gasteiger partial charge on any atom is 0.224 e. The van der Waals surface area contributed by atoms with Crippen LogP contribution in [0.1, 0.15) is 132 Å². The number of nitrogens with one attached hydrogen (secondary N) is 3. The highest BCUT2D eigenvalue weighted by Gasteiger charge is 2.20. The number of pyridine rings is 3. The van der Waals surface area contributed by atoms with Crippen molar-refractivity contribution in [1.29, 1.82) is 0 Å².